The Hall–Kier alpha value is -9.41. The highest BCUT2D eigenvalue weighted by molar-refractivity contribution is 7.89. The molecule has 6 unspecified atom stereocenters. The number of hydrogen-bond acceptors (Lipinski definition) is 23. The molecular formula is C102H166N24O6S3. The van der Waals surface area contributed by atoms with E-state index in [-0.39, 0.29) is 55.9 Å². The van der Waals surface area contributed by atoms with Crippen LogP contribution < -0.4 is 28.7 Å². The topological polar surface area (TPSA) is 415 Å². The monoisotopic (exact) mass is 1920 g/mol. The van der Waals surface area contributed by atoms with Crippen LogP contribution in [0.3, 0.4) is 0 Å². The molecule has 10 N–H and O–H groups in total. The van der Waals surface area contributed by atoms with Crippen LogP contribution in [-0.4, -0.2) is 136 Å². The highest BCUT2D eigenvalue weighted by atomic mass is 32.2. The van der Waals surface area contributed by atoms with Crippen molar-refractivity contribution in [2.45, 2.75) is 357 Å². The molecule has 9 rings (SSSR count). The van der Waals surface area contributed by atoms with Gasteiger partial charge in [-0.05, 0) is 147 Å². The molecule has 135 heavy (non-hydrogen) atoms. The van der Waals surface area contributed by atoms with Gasteiger partial charge in [0.15, 0.2) is 46.3 Å². The van der Waals surface area contributed by atoms with Crippen molar-refractivity contribution < 1.29 is 25.3 Å². The number of hydrogen-bond donors (Lipinski definition) is 5. The maximum atomic E-state index is 14.4. The molecule has 33 heteroatoms. The number of azo groups is 2. The van der Waals surface area contributed by atoms with Gasteiger partial charge in [-0.2, -0.15) is 62.3 Å². The second-order valence-corrected chi connectivity index (χ2v) is 46.4. The minimum absolute atomic E-state index is 0.108. The molecule has 0 fully saturated rings. The van der Waals surface area contributed by atoms with Crippen molar-refractivity contribution in [1.82, 2.24) is 72.0 Å². The third kappa shape index (κ3) is 31.8. The molecule has 0 spiro atoms. The molecular weight excluding hydrogens is 1750 g/mol. The normalized spacial score (nSPS) is 14.1. The lowest BCUT2D eigenvalue weighted by Crippen LogP contribution is -2.39. The zero-order valence-electron chi connectivity index (χ0n) is 86.1. The molecule has 0 saturated heterocycles. The van der Waals surface area contributed by atoms with E-state index in [1.165, 1.54) is 22.0 Å². The third-order valence-electron chi connectivity index (χ3n) is 25.4. The Labute approximate surface area is 810 Å². The fourth-order valence-electron chi connectivity index (χ4n) is 16.1. The predicted octanol–water partition coefficient (Wildman–Crippen LogP) is 24.6. The lowest BCUT2D eigenvalue weighted by molar-refractivity contribution is 0.270. The fourth-order valence-corrected chi connectivity index (χ4v) is 20.9. The summed E-state index contributed by atoms with van der Waals surface area (Å²) in [5.74, 6) is 5.11. The number of rotatable bonds is 50. The van der Waals surface area contributed by atoms with E-state index in [1.54, 1.807) is 107 Å². The Kier molecular flexibility index (Phi) is 43.2. The van der Waals surface area contributed by atoms with Gasteiger partial charge in [-0.25, -0.2) is 45.2 Å². The number of benzene rings is 3. The van der Waals surface area contributed by atoms with E-state index in [4.69, 9.17) is 38.9 Å². The molecule has 0 aliphatic rings. The first-order valence-electron chi connectivity index (χ1n) is 49.8. The Balaban J connectivity index is 0.000000375. The minimum atomic E-state index is -3.80. The number of nitrogens with zero attached hydrogens (tertiary/aromatic N) is 19. The number of anilines is 5. The van der Waals surface area contributed by atoms with Gasteiger partial charge < -0.3 is 28.7 Å². The Morgan fingerprint density at radius 1 is 0.311 bits per heavy atom. The van der Waals surface area contributed by atoms with Crippen LogP contribution in [0.4, 0.5) is 51.7 Å². The zero-order chi connectivity index (χ0) is 100.0. The van der Waals surface area contributed by atoms with Crippen LogP contribution in [0.25, 0.3) is 23.3 Å². The van der Waals surface area contributed by atoms with Crippen LogP contribution in [0, 0.1) is 35.5 Å². The Morgan fingerprint density at radius 2 is 0.548 bits per heavy atom. The lowest BCUT2D eigenvalue weighted by atomic mass is 9.91. The molecule has 6 atom stereocenters. The number of aromatic nitrogens is 12. The van der Waals surface area contributed by atoms with Crippen LogP contribution in [0.1, 0.15) is 343 Å². The molecule has 6 heterocycles. The van der Waals surface area contributed by atoms with Gasteiger partial charge in [-0.15, -0.1) is 10.2 Å². The predicted molar refractivity (Wildman–Crippen MR) is 553 cm³/mol. The van der Waals surface area contributed by atoms with Gasteiger partial charge in [0.1, 0.15) is 24.3 Å². The first-order chi connectivity index (χ1) is 63.8. The van der Waals surface area contributed by atoms with E-state index in [2.05, 4.69) is 175 Å². The quantitative estimate of drug-likeness (QED) is 0.0175. The van der Waals surface area contributed by atoms with Crippen LogP contribution in [0.2, 0.25) is 0 Å². The smallest absolute Gasteiger partial charge is 0.243 e. The van der Waals surface area contributed by atoms with Crippen LogP contribution >= 0.6 is 0 Å². The average Bonchev–Trinajstić information content (AvgIpc) is 1.62. The molecule has 0 aliphatic heterocycles. The van der Waals surface area contributed by atoms with E-state index >= 15 is 0 Å². The van der Waals surface area contributed by atoms with Gasteiger partial charge in [0.2, 0.25) is 30.1 Å². The standard InChI is InChI=1S/C62H100N14O4S2.C22H40N2O2S.C18H26N8/c1-15-23-27-45(19-5)40-73(41-46(20-6)28-24-16-2)81(77,78)51-35-31-49(32-36-51)67-69-55-57(61(9,10)11)71-75(59(55)63)53-39-54(66-44-65-53)76-60(64)56(58(72-76)62(12,13)14)70-68-50-33-37-52(38-34-50)82(79,80)74(42-47(21-7)29-25-17-3)43-48(22-8)30-26-18-4;1-5-9-11-19(7-3)17-24(18-20(8-4)12-10-6-2)27(25,26)22-15-13-21(23)14-16-22;1-17(2,3)11-7-13(19)25(23-11)15-9-16(22-10-21-15)26-14(20)8-12(24-26)18(4,5)6/h31-39,44-48H,15-30,40-43,63-64H2,1-14H3;13-16,19-20H,5-12,17-18,23H2,1-4H3;7-10H,19-20H2,1-6H3. The van der Waals surface area contributed by atoms with Gasteiger partial charge in [0, 0.05) is 90.9 Å². The summed E-state index contributed by atoms with van der Waals surface area (Å²) in [5.41, 5.74) is 35.6. The highest BCUT2D eigenvalue weighted by Crippen LogP contribution is 2.42. The highest BCUT2D eigenvalue weighted by Gasteiger charge is 2.36. The van der Waals surface area contributed by atoms with Crippen molar-refractivity contribution in [3.63, 3.8) is 0 Å². The van der Waals surface area contributed by atoms with Gasteiger partial charge in [-0.3, -0.25) is 0 Å². The molecule has 0 amide bonds. The number of nitrogen functional groups attached to an aromatic ring is 5. The molecule has 0 radical (unpaired) electrons. The van der Waals surface area contributed by atoms with Crippen molar-refractivity contribution >= 4 is 81.8 Å². The summed E-state index contributed by atoms with van der Waals surface area (Å²) in [5, 5.41) is 37.4. The molecule has 3 aromatic carbocycles. The number of unbranched alkanes of at least 4 members (excludes halogenated alkanes) is 6. The van der Waals surface area contributed by atoms with Crippen LogP contribution in [0.15, 0.2) is 145 Å². The first kappa shape index (κ1) is 113. The van der Waals surface area contributed by atoms with Crippen LogP contribution in [-0.2, 0) is 51.7 Å². The SMILES string of the molecule is CC(C)(C)c1cc(N)n(-c2cc(-n3nc(C(C)(C)C)cc3N)ncn2)n1.CCCCC(CC)CN(CC(CC)CCCC)S(=O)(=O)c1ccc(N)cc1.CCCCC(CC)CN(CC(CC)CCCC)S(=O)(=O)c1ccc(N=Nc2c(C(C)(C)C)nn(-c3cc(-n4nc(C(C)(C)C)c(N=Nc5ccc(S(=O)(=O)N(CC(CC)CCCC)CC(CC)CCCC)cc5)c4N)ncn3)c2N)cc1. The summed E-state index contributed by atoms with van der Waals surface area (Å²) in [4.78, 5) is 18.5. The van der Waals surface area contributed by atoms with Crippen LogP contribution in [0.5, 0.6) is 0 Å². The maximum absolute atomic E-state index is 14.4. The minimum Gasteiger partial charge on any atom is -0.399 e. The Bertz CT molecular complexity index is 5200. The zero-order valence-corrected chi connectivity index (χ0v) is 88.6. The second kappa shape index (κ2) is 51.8. The van der Waals surface area contributed by atoms with E-state index in [1.807, 2.05) is 53.7 Å². The van der Waals surface area contributed by atoms with E-state index in [0.29, 0.717) is 131 Å². The lowest BCUT2D eigenvalue weighted by Gasteiger charge is -2.30. The van der Waals surface area contributed by atoms with E-state index in [9.17, 15) is 25.3 Å². The van der Waals surface area contributed by atoms with Crippen molar-refractivity contribution in [3.05, 3.63) is 132 Å². The van der Waals surface area contributed by atoms with Crippen molar-refractivity contribution in [2.75, 3.05) is 67.9 Å². The van der Waals surface area contributed by atoms with Gasteiger partial charge in [-0.1, -0.05) is 282 Å². The molecule has 748 valence electrons. The summed E-state index contributed by atoms with van der Waals surface area (Å²) in [6.45, 7) is 53.8. The van der Waals surface area contributed by atoms with E-state index in [0.717, 1.165) is 165 Å². The first-order valence-corrected chi connectivity index (χ1v) is 54.1. The number of sulfonamides is 3. The van der Waals surface area contributed by atoms with Gasteiger partial charge in [0.05, 0.1) is 48.8 Å². The molecule has 6 aromatic heterocycles. The summed E-state index contributed by atoms with van der Waals surface area (Å²) in [6, 6.07) is 26.9. The van der Waals surface area contributed by atoms with Crippen molar-refractivity contribution in [2.24, 2.45) is 56.0 Å². The largest absolute Gasteiger partial charge is 0.399 e. The van der Waals surface area contributed by atoms with Gasteiger partial charge in [0.25, 0.3) is 0 Å². The van der Waals surface area contributed by atoms with E-state index < -0.39 is 40.9 Å². The maximum Gasteiger partial charge on any atom is 0.243 e. The molecule has 0 aliphatic carbocycles. The molecule has 9 aromatic rings. The molecule has 0 bridgehead atoms. The summed E-state index contributed by atoms with van der Waals surface area (Å²) >= 11 is 0. The van der Waals surface area contributed by atoms with Crippen molar-refractivity contribution in [1.29, 1.82) is 0 Å². The molecule has 0 saturated carbocycles. The second-order valence-electron chi connectivity index (χ2n) is 40.6. The fraction of sp³-hybridized carbons (Fsp3) is 0.627. The third-order valence-corrected chi connectivity index (χ3v) is 30.9. The van der Waals surface area contributed by atoms with Crippen molar-refractivity contribution in [3.8, 4) is 23.3 Å². The number of nitrogens with two attached hydrogens (primary N) is 5. The average molecular weight is 1920 g/mol. The summed E-state index contributed by atoms with van der Waals surface area (Å²) < 4.78 is 95.9. The summed E-state index contributed by atoms with van der Waals surface area (Å²) in [6.07, 6.45) is 27.9. The summed E-state index contributed by atoms with van der Waals surface area (Å²) in [7, 11) is -11.1. The molecule has 30 nitrogen and oxygen atoms in total. The Morgan fingerprint density at radius 3 is 0.763 bits per heavy atom. The van der Waals surface area contributed by atoms with Gasteiger partial charge >= 0.3 is 0 Å².